The topological polar surface area (TPSA) is 78.1 Å². The number of hydrogen-bond acceptors (Lipinski definition) is 6. The summed E-state index contributed by atoms with van der Waals surface area (Å²) in [7, 11) is 0. The van der Waals surface area contributed by atoms with E-state index in [-0.39, 0.29) is 22.6 Å². The van der Waals surface area contributed by atoms with Crippen LogP contribution in [-0.4, -0.2) is 27.5 Å². The van der Waals surface area contributed by atoms with Crippen LogP contribution in [0.4, 0.5) is 26.3 Å². The predicted molar refractivity (Wildman–Crippen MR) is 88.5 cm³/mol. The molecular formula is C18H11F6N3O3. The molecule has 158 valence electrons. The van der Waals surface area contributed by atoms with Crippen LogP contribution < -0.4 is 4.74 Å². The maximum absolute atomic E-state index is 13.0. The molecular weight excluding hydrogens is 420 g/mol. The van der Waals surface area contributed by atoms with Gasteiger partial charge in [0.25, 0.3) is 0 Å². The number of carbonyl (C=O) groups is 1. The second kappa shape index (κ2) is 7.76. The van der Waals surface area contributed by atoms with Gasteiger partial charge in [-0.15, -0.1) is 0 Å². The average molecular weight is 431 g/mol. The number of nitrogens with zero attached hydrogens (tertiary/aromatic N) is 3. The van der Waals surface area contributed by atoms with Crippen molar-refractivity contribution in [2.45, 2.75) is 19.3 Å². The van der Waals surface area contributed by atoms with E-state index in [0.29, 0.717) is 0 Å². The number of ketones is 1. The van der Waals surface area contributed by atoms with E-state index in [2.05, 4.69) is 19.6 Å². The molecule has 0 N–H and O–H groups in total. The number of carbonyl (C=O) groups excluding carboxylic acids is 1. The van der Waals surface area contributed by atoms with Crippen LogP contribution in [0.15, 0.2) is 40.9 Å². The molecule has 0 atom stereocenters. The van der Waals surface area contributed by atoms with Crippen LogP contribution in [0.2, 0.25) is 0 Å². The minimum absolute atomic E-state index is 0.0551. The summed E-state index contributed by atoms with van der Waals surface area (Å²) in [6.07, 6.45) is -9.50. The number of hydrogen-bond donors (Lipinski definition) is 0. The highest BCUT2D eigenvalue weighted by Crippen LogP contribution is 2.35. The summed E-state index contributed by atoms with van der Waals surface area (Å²) in [6, 6.07) is 7.00. The van der Waals surface area contributed by atoms with Crippen LogP contribution >= 0.6 is 0 Å². The number of ether oxygens (including phenoxy) is 1. The van der Waals surface area contributed by atoms with Gasteiger partial charge in [-0.2, -0.15) is 31.3 Å². The summed E-state index contributed by atoms with van der Waals surface area (Å²) >= 11 is 0. The molecule has 0 spiro atoms. The Morgan fingerprint density at radius 1 is 0.967 bits per heavy atom. The average Bonchev–Trinajstić information content (AvgIpc) is 3.16. The van der Waals surface area contributed by atoms with E-state index >= 15 is 0 Å². The normalized spacial score (nSPS) is 12.1. The molecule has 3 rings (SSSR count). The molecule has 2 heterocycles. The molecule has 12 heteroatoms. The minimum Gasteiger partial charge on any atom is -0.469 e. The first kappa shape index (κ1) is 21.3. The summed E-state index contributed by atoms with van der Waals surface area (Å²) in [5, 5.41) is 3.21. The van der Waals surface area contributed by atoms with Gasteiger partial charge in [0.2, 0.25) is 11.7 Å². The Hall–Kier alpha value is -3.44. The summed E-state index contributed by atoms with van der Waals surface area (Å²) < 4.78 is 85.7. The molecule has 30 heavy (non-hydrogen) atoms. The van der Waals surface area contributed by atoms with Crippen molar-refractivity contribution < 1.29 is 40.4 Å². The zero-order chi connectivity index (χ0) is 22.1. The smallest absolute Gasteiger partial charge is 0.469 e. The highest BCUT2D eigenvalue weighted by atomic mass is 19.4. The standard InChI is InChI=1S/C18H11F6N3O3/c1-9-2-7-12(17(19,20)21)15(25-9)29-8-13(28)10-3-5-11(6-4-10)14-26-16(30-27-14)18(22,23)24/h2-7H,8H2,1H3. The number of halogens is 6. The maximum Gasteiger partial charge on any atom is 0.471 e. The van der Waals surface area contributed by atoms with E-state index in [1.807, 2.05) is 0 Å². The Balaban J connectivity index is 1.72. The first-order valence-corrected chi connectivity index (χ1v) is 8.17. The van der Waals surface area contributed by atoms with Crippen molar-refractivity contribution >= 4 is 5.78 Å². The van der Waals surface area contributed by atoms with Gasteiger partial charge < -0.3 is 9.26 Å². The fraction of sp³-hybridized carbons (Fsp3) is 0.222. The molecule has 0 radical (unpaired) electrons. The van der Waals surface area contributed by atoms with Crippen LogP contribution in [0, 0.1) is 6.92 Å². The first-order chi connectivity index (χ1) is 13.9. The Morgan fingerprint density at radius 3 is 2.20 bits per heavy atom. The van der Waals surface area contributed by atoms with Crippen molar-refractivity contribution in [2.24, 2.45) is 0 Å². The van der Waals surface area contributed by atoms with E-state index in [1.165, 1.54) is 37.3 Å². The van der Waals surface area contributed by atoms with Crippen LogP contribution in [-0.2, 0) is 12.4 Å². The molecule has 0 saturated carbocycles. The number of Topliss-reactive ketones (excluding diaryl/α,β-unsaturated/α-hetero) is 1. The second-order valence-corrected chi connectivity index (χ2v) is 6.01. The Kier molecular flexibility index (Phi) is 5.51. The molecule has 0 bridgehead atoms. The zero-order valence-electron chi connectivity index (χ0n) is 15.0. The van der Waals surface area contributed by atoms with Crippen molar-refractivity contribution in [2.75, 3.05) is 6.61 Å². The molecule has 6 nitrogen and oxygen atoms in total. The fourth-order valence-electron chi connectivity index (χ4n) is 2.34. The molecule has 2 aromatic heterocycles. The Morgan fingerprint density at radius 2 is 1.63 bits per heavy atom. The lowest BCUT2D eigenvalue weighted by atomic mass is 10.1. The number of pyridine rings is 1. The summed E-state index contributed by atoms with van der Waals surface area (Å²) in [6.45, 7) is 0.745. The summed E-state index contributed by atoms with van der Waals surface area (Å²) in [5.74, 6) is -3.24. The van der Waals surface area contributed by atoms with Crippen LogP contribution in [0.1, 0.15) is 27.5 Å². The highest BCUT2D eigenvalue weighted by molar-refractivity contribution is 5.97. The molecule has 0 amide bonds. The van der Waals surface area contributed by atoms with Gasteiger partial charge in [-0.3, -0.25) is 4.79 Å². The largest absolute Gasteiger partial charge is 0.471 e. The van der Waals surface area contributed by atoms with Crippen molar-refractivity contribution in [1.82, 2.24) is 15.1 Å². The van der Waals surface area contributed by atoms with Gasteiger partial charge in [-0.1, -0.05) is 29.4 Å². The molecule has 0 unspecified atom stereocenters. The third-order valence-electron chi connectivity index (χ3n) is 3.78. The van der Waals surface area contributed by atoms with E-state index in [4.69, 9.17) is 4.74 Å². The number of alkyl halides is 6. The monoisotopic (exact) mass is 431 g/mol. The fourth-order valence-corrected chi connectivity index (χ4v) is 2.34. The van der Waals surface area contributed by atoms with Gasteiger partial charge in [0.05, 0.1) is 0 Å². The second-order valence-electron chi connectivity index (χ2n) is 6.01. The molecule has 1 aromatic carbocycles. The molecule has 0 aliphatic rings. The third kappa shape index (κ3) is 4.75. The minimum atomic E-state index is -4.79. The van der Waals surface area contributed by atoms with Gasteiger partial charge in [0.1, 0.15) is 5.56 Å². The maximum atomic E-state index is 13.0. The predicted octanol–water partition coefficient (Wildman–Crippen LogP) is 4.74. The summed E-state index contributed by atoms with van der Waals surface area (Å²) in [5.41, 5.74) is -0.645. The zero-order valence-corrected chi connectivity index (χ0v) is 15.0. The molecule has 0 aliphatic carbocycles. The van der Waals surface area contributed by atoms with Gasteiger partial charge in [-0.05, 0) is 19.1 Å². The quantitative estimate of drug-likeness (QED) is 0.429. The lowest BCUT2D eigenvalue weighted by Gasteiger charge is -2.13. The number of benzene rings is 1. The molecule has 0 fully saturated rings. The molecule has 3 aromatic rings. The SMILES string of the molecule is Cc1ccc(C(F)(F)F)c(OCC(=O)c2ccc(-c3noc(C(F)(F)F)n3)cc2)n1. The van der Waals surface area contributed by atoms with Crippen molar-refractivity contribution in [3.63, 3.8) is 0 Å². The number of aryl methyl sites for hydroxylation is 1. The van der Waals surface area contributed by atoms with Crippen LogP contribution in [0.3, 0.4) is 0 Å². The van der Waals surface area contributed by atoms with Crippen LogP contribution in [0.25, 0.3) is 11.4 Å². The van der Waals surface area contributed by atoms with Gasteiger partial charge in [0.15, 0.2) is 12.4 Å². The highest BCUT2D eigenvalue weighted by Gasteiger charge is 2.38. The van der Waals surface area contributed by atoms with Crippen LogP contribution in [0.5, 0.6) is 5.88 Å². The van der Waals surface area contributed by atoms with Crippen molar-refractivity contribution in [3.05, 3.63) is 59.1 Å². The van der Waals surface area contributed by atoms with E-state index in [0.717, 1.165) is 6.07 Å². The van der Waals surface area contributed by atoms with E-state index < -0.39 is 42.1 Å². The van der Waals surface area contributed by atoms with Gasteiger partial charge in [-0.25, -0.2) is 4.98 Å². The molecule has 0 saturated heterocycles. The van der Waals surface area contributed by atoms with Gasteiger partial charge in [0, 0.05) is 16.8 Å². The van der Waals surface area contributed by atoms with E-state index in [9.17, 15) is 31.1 Å². The summed E-state index contributed by atoms with van der Waals surface area (Å²) in [4.78, 5) is 19.1. The lowest BCUT2D eigenvalue weighted by Crippen LogP contribution is -2.16. The molecule has 0 aliphatic heterocycles. The van der Waals surface area contributed by atoms with E-state index in [1.54, 1.807) is 0 Å². The first-order valence-electron chi connectivity index (χ1n) is 8.17. The van der Waals surface area contributed by atoms with Gasteiger partial charge >= 0.3 is 18.2 Å². The van der Waals surface area contributed by atoms with Crippen molar-refractivity contribution in [3.8, 4) is 17.3 Å². The van der Waals surface area contributed by atoms with Crippen molar-refractivity contribution in [1.29, 1.82) is 0 Å². The Labute approximate surface area is 164 Å². The third-order valence-corrected chi connectivity index (χ3v) is 3.78. The number of aromatic nitrogens is 3. The lowest BCUT2D eigenvalue weighted by molar-refractivity contribution is -0.159. The Bertz CT molecular complexity index is 1060. The number of rotatable bonds is 5.